The minimum absolute atomic E-state index is 0.0303. The minimum Gasteiger partial charge on any atom is -0.371 e. The number of ether oxygens (including phenoxy) is 1. The number of aromatic nitrogens is 2. The Morgan fingerprint density at radius 1 is 1.09 bits per heavy atom. The van der Waals surface area contributed by atoms with Gasteiger partial charge in [-0.25, -0.2) is 4.98 Å². The van der Waals surface area contributed by atoms with Crippen molar-refractivity contribution in [3.8, 4) is 0 Å². The second-order valence-corrected chi connectivity index (χ2v) is 6.04. The first-order valence-electron chi connectivity index (χ1n) is 7.79. The quantitative estimate of drug-likeness (QED) is 0.671. The lowest BCUT2D eigenvalue weighted by Gasteiger charge is -2.21. The van der Waals surface area contributed by atoms with Crippen LogP contribution in [-0.2, 0) is 11.3 Å². The van der Waals surface area contributed by atoms with Gasteiger partial charge in [0.1, 0.15) is 6.10 Å². The summed E-state index contributed by atoms with van der Waals surface area (Å²) in [5.74, 6) is 0.514. The Morgan fingerprint density at radius 2 is 1.91 bits per heavy atom. The molecule has 3 aromatic rings. The molecular weight excluding hydrogens is 272 g/mol. The molecule has 0 saturated carbocycles. The summed E-state index contributed by atoms with van der Waals surface area (Å²) in [6.07, 6.45) is 5.67. The van der Waals surface area contributed by atoms with E-state index in [0.29, 0.717) is 5.92 Å². The molecule has 0 N–H and O–H groups in total. The van der Waals surface area contributed by atoms with Gasteiger partial charge in [0, 0.05) is 19.0 Å². The highest BCUT2D eigenvalue weighted by Gasteiger charge is 2.16. The zero-order chi connectivity index (χ0) is 15.4. The summed E-state index contributed by atoms with van der Waals surface area (Å²) in [6, 6.07) is 14.9. The van der Waals surface area contributed by atoms with Gasteiger partial charge >= 0.3 is 0 Å². The van der Waals surface area contributed by atoms with Gasteiger partial charge < -0.3 is 9.30 Å². The number of imidazole rings is 1. The molecule has 0 aliphatic heterocycles. The van der Waals surface area contributed by atoms with Crippen molar-refractivity contribution < 1.29 is 4.74 Å². The van der Waals surface area contributed by atoms with Crippen molar-refractivity contribution in [2.75, 3.05) is 6.61 Å². The van der Waals surface area contributed by atoms with Gasteiger partial charge in [0.15, 0.2) is 0 Å². The van der Waals surface area contributed by atoms with Crippen molar-refractivity contribution in [1.29, 1.82) is 0 Å². The van der Waals surface area contributed by atoms with Crippen molar-refractivity contribution >= 4 is 10.8 Å². The summed E-state index contributed by atoms with van der Waals surface area (Å²) in [5, 5.41) is 2.52. The molecule has 0 bridgehead atoms. The third-order valence-electron chi connectivity index (χ3n) is 3.74. The summed E-state index contributed by atoms with van der Waals surface area (Å²) >= 11 is 0. The molecule has 0 aliphatic rings. The first-order chi connectivity index (χ1) is 10.7. The molecule has 114 valence electrons. The molecule has 1 atom stereocenters. The Labute approximate surface area is 131 Å². The lowest BCUT2D eigenvalue weighted by atomic mass is 10.00. The lowest BCUT2D eigenvalue weighted by Crippen LogP contribution is -2.15. The third kappa shape index (κ3) is 3.37. The number of fused-ring (bicyclic) bond motifs is 1. The Balaban J connectivity index is 1.95. The van der Waals surface area contributed by atoms with Gasteiger partial charge in [-0.2, -0.15) is 0 Å². The van der Waals surface area contributed by atoms with Crippen molar-refractivity contribution in [2.24, 2.45) is 5.92 Å². The van der Waals surface area contributed by atoms with Gasteiger partial charge in [0.2, 0.25) is 0 Å². The van der Waals surface area contributed by atoms with Gasteiger partial charge in [-0.3, -0.25) is 0 Å². The van der Waals surface area contributed by atoms with E-state index in [1.165, 1.54) is 16.3 Å². The van der Waals surface area contributed by atoms with E-state index in [4.69, 9.17) is 4.74 Å². The van der Waals surface area contributed by atoms with Crippen LogP contribution in [0, 0.1) is 5.92 Å². The van der Waals surface area contributed by atoms with Crippen LogP contribution in [0.15, 0.2) is 61.2 Å². The Bertz CT molecular complexity index is 714. The van der Waals surface area contributed by atoms with Crippen molar-refractivity contribution in [3.63, 3.8) is 0 Å². The molecule has 0 amide bonds. The van der Waals surface area contributed by atoms with Gasteiger partial charge in [0.25, 0.3) is 0 Å². The molecule has 1 aromatic heterocycles. The molecule has 1 heterocycles. The van der Waals surface area contributed by atoms with Crippen LogP contribution in [-0.4, -0.2) is 16.2 Å². The van der Waals surface area contributed by atoms with Crippen molar-refractivity contribution in [3.05, 3.63) is 66.7 Å². The summed E-state index contributed by atoms with van der Waals surface area (Å²) in [6.45, 7) is 5.89. The van der Waals surface area contributed by atoms with Crippen molar-refractivity contribution in [1.82, 2.24) is 9.55 Å². The van der Waals surface area contributed by atoms with Crippen LogP contribution in [0.5, 0.6) is 0 Å². The molecule has 2 aromatic carbocycles. The second-order valence-electron chi connectivity index (χ2n) is 6.04. The molecule has 0 aliphatic carbocycles. The smallest absolute Gasteiger partial charge is 0.101 e. The van der Waals surface area contributed by atoms with Gasteiger partial charge in [0.05, 0.1) is 12.9 Å². The van der Waals surface area contributed by atoms with Crippen LogP contribution in [0.4, 0.5) is 0 Å². The predicted octanol–water partition coefficient (Wildman–Crippen LogP) is 4.45. The fraction of sp³-hybridized carbons (Fsp3) is 0.316. The van der Waals surface area contributed by atoms with Gasteiger partial charge in [-0.1, -0.05) is 56.3 Å². The first kappa shape index (κ1) is 14.8. The SMILES string of the molecule is CC(C)COC(Cn1ccnc1)c1cccc2ccccc12. The average Bonchev–Trinajstić information content (AvgIpc) is 3.04. The molecule has 0 saturated heterocycles. The summed E-state index contributed by atoms with van der Waals surface area (Å²) in [5.41, 5.74) is 1.24. The number of rotatable bonds is 6. The fourth-order valence-electron chi connectivity index (χ4n) is 2.67. The predicted molar refractivity (Wildman–Crippen MR) is 89.7 cm³/mol. The van der Waals surface area contributed by atoms with E-state index in [1.807, 2.05) is 18.7 Å². The maximum Gasteiger partial charge on any atom is 0.101 e. The van der Waals surface area contributed by atoms with Crippen LogP contribution in [0.1, 0.15) is 25.5 Å². The topological polar surface area (TPSA) is 27.1 Å². The highest BCUT2D eigenvalue weighted by Crippen LogP contribution is 2.28. The summed E-state index contributed by atoms with van der Waals surface area (Å²) in [7, 11) is 0. The zero-order valence-electron chi connectivity index (χ0n) is 13.1. The second kappa shape index (κ2) is 6.75. The highest BCUT2D eigenvalue weighted by atomic mass is 16.5. The summed E-state index contributed by atoms with van der Waals surface area (Å²) in [4.78, 5) is 4.13. The Hall–Kier alpha value is -2.13. The average molecular weight is 294 g/mol. The largest absolute Gasteiger partial charge is 0.371 e. The maximum atomic E-state index is 6.22. The third-order valence-corrected chi connectivity index (χ3v) is 3.74. The normalized spacial score (nSPS) is 12.9. The molecule has 22 heavy (non-hydrogen) atoms. The van der Waals surface area contributed by atoms with E-state index in [1.54, 1.807) is 0 Å². The van der Waals surface area contributed by atoms with E-state index in [2.05, 4.69) is 65.9 Å². The Morgan fingerprint density at radius 3 is 2.68 bits per heavy atom. The zero-order valence-corrected chi connectivity index (χ0v) is 13.1. The molecule has 3 heteroatoms. The van der Waals surface area contributed by atoms with Crippen LogP contribution >= 0.6 is 0 Å². The molecule has 0 fully saturated rings. The van der Waals surface area contributed by atoms with E-state index >= 15 is 0 Å². The molecule has 0 radical (unpaired) electrons. The number of hydrogen-bond donors (Lipinski definition) is 0. The number of benzene rings is 2. The summed E-state index contributed by atoms with van der Waals surface area (Å²) < 4.78 is 8.30. The number of hydrogen-bond acceptors (Lipinski definition) is 2. The molecule has 1 unspecified atom stereocenters. The fourth-order valence-corrected chi connectivity index (χ4v) is 2.67. The van der Waals surface area contributed by atoms with Gasteiger partial charge in [-0.05, 0) is 22.3 Å². The molecule has 0 spiro atoms. The lowest BCUT2D eigenvalue weighted by molar-refractivity contribution is 0.0249. The van der Waals surface area contributed by atoms with Crippen LogP contribution in [0.3, 0.4) is 0 Å². The van der Waals surface area contributed by atoms with E-state index in [0.717, 1.165) is 13.2 Å². The van der Waals surface area contributed by atoms with Crippen LogP contribution in [0.25, 0.3) is 10.8 Å². The van der Waals surface area contributed by atoms with Gasteiger partial charge in [-0.15, -0.1) is 0 Å². The maximum absolute atomic E-state index is 6.22. The Kier molecular flexibility index (Phi) is 4.54. The van der Waals surface area contributed by atoms with Crippen LogP contribution in [0.2, 0.25) is 0 Å². The number of nitrogens with zero attached hydrogens (tertiary/aromatic N) is 2. The molecule has 3 nitrogen and oxygen atoms in total. The van der Waals surface area contributed by atoms with E-state index in [-0.39, 0.29) is 6.10 Å². The van der Waals surface area contributed by atoms with E-state index in [9.17, 15) is 0 Å². The van der Waals surface area contributed by atoms with Crippen LogP contribution < -0.4 is 0 Å². The van der Waals surface area contributed by atoms with Crippen molar-refractivity contribution in [2.45, 2.75) is 26.5 Å². The van der Waals surface area contributed by atoms with E-state index < -0.39 is 0 Å². The standard InChI is InChI=1S/C19H22N2O/c1-15(2)13-22-19(12-21-11-10-20-14-21)18-9-5-7-16-6-3-4-8-17(16)18/h3-11,14-15,19H,12-13H2,1-2H3. The molecular formula is C19H22N2O. The molecule has 3 rings (SSSR count). The minimum atomic E-state index is 0.0303. The first-order valence-corrected chi connectivity index (χ1v) is 7.79. The highest BCUT2D eigenvalue weighted by molar-refractivity contribution is 5.85. The monoisotopic (exact) mass is 294 g/mol.